The molecule has 3 aromatic heterocycles. The second kappa shape index (κ2) is 9.23. The molecule has 0 saturated carbocycles. The third-order valence-corrected chi connectivity index (χ3v) is 6.44. The largest absolute Gasteiger partial charge is 0.481 e. The molecule has 4 aromatic rings. The standard InChI is InChI=1S/C25H27FN6O/c1-17-3-5-19(6-4-17)32-16-23(29-30-32)18-9-12-31(13-10-18)14-11-20-21(26)15-27-22-7-8-24(33-2)28-25(20)22/h3-8,15-16,18H,9-14H2,1-2H3. The number of pyridine rings is 2. The van der Waals surface area contributed by atoms with Gasteiger partial charge in [-0.25, -0.2) is 14.1 Å². The lowest BCUT2D eigenvalue weighted by Crippen LogP contribution is -2.34. The molecule has 33 heavy (non-hydrogen) atoms. The Morgan fingerprint density at radius 1 is 1.09 bits per heavy atom. The van der Waals surface area contributed by atoms with Gasteiger partial charge >= 0.3 is 0 Å². The Bertz CT molecular complexity index is 1250. The minimum absolute atomic E-state index is 0.314. The van der Waals surface area contributed by atoms with Crippen LogP contribution in [-0.4, -0.2) is 56.6 Å². The summed E-state index contributed by atoms with van der Waals surface area (Å²) in [6, 6.07) is 11.8. The third-order valence-electron chi connectivity index (χ3n) is 6.44. The summed E-state index contributed by atoms with van der Waals surface area (Å²) in [5.41, 5.74) is 5.15. The van der Waals surface area contributed by atoms with Gasteiger partial charge in [-0.05, 0) is 57.5 Å². The van der Waals surface area contributed by atoms with Gasteiger partial charge in [0.1, 0.15) is 5.82 Å². The number of aryl methyl sites for hydroxylation is 1. The van der Waals surface area contributed by atoms with E-state index < -0.39 is 0 Å². The van der Waals surface area contributed by atoms with Crippen molar-refractivity contribution in [2.75, 3.05) is 26.7 Å². The van der Waals surface area contributed by atoms with Crippen LogP contribution in [0.4, 0.5) is 4.39 Å². The van der Waals surface area contributed by atoms with E-state index in [1.165, 1.54) is 11.8 Å². The minimum Gasteiger partial charge on any atom is -0.481 e. The summed E-state index contributed by atoms with van der Waals surface area (Å²) in [6.45, 7) is 4.74. The Kier molecular flexibility index (Phi) is 6.00. The first-order valence-corrected chi connectivity index (χ1v) is 11.3. The van der Waals surface area contributed by atoms with Crippen LogP contribution in [0.2, 0.25) is 0 Å². The summed E-state index contributed by atoms with van der Waals surface area (Å²) >= 11 is 0. The molecular formula is C25H27FN6O. The molecule has 8 heteroatoms. The van der Waals surface area contributed by atoms with Gasteiger partial charge in [0.2, 0.25) is 5.88 Å². The highest BCUT2D eigenvalue weighted by molar-refractivity contribution is 5.78. The van der Waals surface area contributed by atoms with Crippen molar-refractivity contribution >= 4 is 11.0 Å². The van der Waals surface area contributed by atoms with E-state index in [9.17, 15) is 4.39 Å². The summed E-state index contributed by atoms with van der Waals surface area (Å²) < 4.78 is 21.6. The molecule has 0 radical (unpaired) electrons. The zero-order valence-corrected chi connectivity index (χ0v) is 18.9. The lowest BCUT2D eigenvalue weighted by atomic mass is 9.94. The normalized spacial score (nSPS) is 15.2. The van der Waals surface area contributed by atoms with Gasteiger partial charge in [0, 0.05) is 24.1 Å². The predicted molar refractivity (Wildman–Crippen MR) is 124 cm³/mol. The first-order valence-electron chi connectivity index (χ1n) is 11.3. The maximum atomic E-state index is 14.6. The Morgan fingerprint density at radius 2 is 1.88 bits per heavy atom. The Morgan fingerprint density at radius 3 is 2.64 bits per heavy atom. The number of aromatic nitrogens is 5. The molecule has 5 rings (SSSR count). The van der Waals surface area contributed by atoms with E-state index in [1.54, 1.807) is 13.2 Å². The molecule has 0 atom stereocenters. The van der Waals surface area contributed by atoms with Crippen molar-refractivity contribution in [3.8, 4) is 11.6 Å². The van der Waals surface area contributed by atoms with E-state index in [1.807, 2.05) is 16.9 Å². The summed E-state index contributed by atoms with van der Waals surface area (Å²) in [5.74, 6) is 0.548. The van der Waals surface area contributed by atoms with Gasteiger partial charge in [0.25, 0.3) is 0 Å². The van der Waals surface area contributed by atoms with Gasteiger partial charge in [-0.15, -0.1) is 5.10 Å². The molecule has 0 unspecified atom stereocenters. The maximum absolute atomic E-state index is 14.6. The fourth-order valence-corrected chi connectivity index (χ4v) is 4.44. The summed E-state index contributed by atoms with van der Waals surface area (Å²) in [6.07, 6.45) is 5.94. The van der Waals surface area contributed by atoms with Crippen LogP contribution in [0, 0.1) is 12.7 Å². The minimum atomic E-state index is -0.314. The summed E-state index contributed by atoms with van der Waals surface area (Å²) in [7, 11) is 1.56. The smallest absolute Gasteiger partial charge is 0.213 e. The van der Waals surface area contributed by atoms with Gasteiger partial charge in [0.15, 0.2) is 0 Å². The summed E-state index contributed by atoms with van der Waals surface area (Å²) in [4.78, 5) is 11.0. The maximum Gasteiger partial charge on any atom is 0.213 e. The van der Waals surface area contributed by atoms with Crippen molar-refractivity contribution in [1.29, 1.82) is 0 Å². The van der Waals surface area contributed by atoms with E-state index >= 15 is 0 Å². The van der Waals surface area contributed by atoms with E-state index in [0.29, 0.717) is 34.8 Å². The van der Waals surface area contributed by atoms with Crippen molar-refractivity contribution < 1.29 is 9.13 Å². The van der Waals surface area contributed by atoms with E-state index in [2.05, 4.69) is 56.4 Å². The van der Waals surface area contributed by atoms with Crippen LogP contribution >= 0.6 is 0 Å². The number of ether oxygens (including phenoxy) is 1. The number of hydrogen-bond donors (Lipinski definition) is 0. The van der Waals surface area contributed by atoms with Crippen molar-refractivity contribution in [2.45, 2.75) is 32.1 Å². The third kappa shape index (κ3) is 4.57. The predicted octanol–water partition coefficient (Wildman–Crippen LogP) is 4.09. The van der Waals surface area contributed by atoms with Crippen LogP contribution in [0.5, 0.6) is 5.88 Å². The molecule has 7 nitrogen and oxygen atoms in total. The molecule has 0 bridgehead atoms. The number of hydrogen-bond acceptors (Lipinski definition) is 6. The molecule has 0 spiro atoms. The topological polar surface area (TPSA) is 69.0 Å². The second-order valence-electron chi connectivity index (χ2n) is 8.60. The van der Waals surface area contributed by atoms with Crippen LogP contribution in [0.1, 0.15) is 35.6 Å². The quantitative estimate of drug-likeness (QED) is 0.444. The Hall–Kier alpha value is -3.39. The SMILES string of the molecule is COc1ccc2ncc(F)c(CCN3CCC(c4cn(-c5ccc(C)cc5)nn4)CC3)c2n1. The van der Waals surface area contributed by atoms with Crippen LogP contribution in [0.25, 0.3) is 16.7 Å². The Balaban J connectivity index is 1.21. The van der Waals surface area contributed by atoms with Gasteiger partial charge in [0.05, 0.1) is 41.9 Å². The average molecular weight is 447 g/mol. The number of nitrogens with zero attached hydrogens (tertiary/aromatic N) is 6. The first kappa shape index (κ1) is 21.5. The number of methoxy groups -OCH3 is 1. The van der Waals surface area contributed by atoms with Gasteiger partial charge in [-0.2, -0.15) is 0 Å². The highest BCUT2D eigenvalue weighted by Gasteiger charge is 2.23. The van der Waals surface area contributed by atoms with E-state index in [-0.39, 0.29) is 5.82 Å². The van der Waals surface area contributed by atoms with Crippen molar-refractivity contribution in [1.82, 2.24) is 29.9 Å². The molecule has 1 aromatic carbocycles. The molecule has 1 aliphatic heterocycles. The lowest BCUT2D eigenvalue weighted by molar-refractivity contribution is 0.212. The van der Waals surface area contributed by atoms with Gasteiger partial charge < -0.3 is 9.64 Å². The number of halogens is 1. The first-order chi connectivity index (χ1) is 16.1. The van der Waals surface area contributed by atoms with Crippen molar-refractivity contribution in [2.24, 2.45) is 0 Å². The molecule has 0 amide bonds. The fraction of sp³-hybridized carbons (Fsp3) is 0.360. The zero-order chi connectivity index (χ0) is 22.8. The van der Waals surface area contributed by atoms with Crippen LogP contribution in [0.3, 0.4) is 0 Å². The highest BCUT2D eigenvalue weighted by atomic mass is 19.1. The highest BCUT2D eigenvalue weighted by Crippen LogP contribution is 2.28. The molecule has 1 fully saturated rings. The monoisotopic (exact) mass is 446 g/mol. The molecule has 0 aliphatic carbocycles. The fourth-order valence-electron chi connectivity index (χ4n) is 4.44. The molecule has 0 N–H and O–H groups in total. The molecule has 1 aliphatic rings. The number of rotatable bonds is 6. The van der Waals surface area contributed by atoms with Crippen molar-refractivity contribution in [3.05, 3.63) is 71.4 Å². The van der Waals surface area contributed by atoms with Crippen molar-refractivity contribution in [3.63, 3.8) is 0 Å². The zero-order valence-electron chi connectivity index (χ0n) is 18.9. The van der Waals surface area contributed by atoms with E-state index in [0.717, 1.165) is 43.9 Å². The summed E-state index contributed by atoms with van der Waals surface area (Å²) in [5, 5.41) is 8.76. The molecule has 170 valence electrons. The molecule has 4 heterocycles. The number of piperidine rings is 1. The lowest BCUT2D eigenvalue weighted by Gasteiger charge is -2.31. The van der Waals surface area contributed by atoms with Crippen LogP contribution in [-0.2, 0) is 6.42 Å². The molecular weight excluding hydrogens is 419 g/mol. The van der Waals surface area contributed by atoms with Crippen LogP contribution < -0.4 is 4.74 Å². The van der Waals surface area contributed by atoms with E-state index in [4.69, 9.17) is 4.74 Å². The number of likely N-dealkylation sites (tertiary alicyclic amines) is 1. The van der Waals surface area contributed by atoms with Crippen LogP contribution in [0.15, 0.2) is 48.8 Å². The van der Waals surface area contributed by atoms with Gasteiger partial charge in [-0.3, -0.25) is 4.98 Å². The number of benzene rings is 1. The second-order valence-corrected chi connectivity index (χ2v) is 8.60. The average Bonchev–Trinajstić information content (AvgIpc) is 3.34. The van der Waals surface area contributed by atoms with Gasteiger partial charge in [-0.1, -0.05) is 22.9 Å². The molecule has 1 saturated heterocycles. The number of fused-ring (bicyclic) bond motifs is 1. The Labute approximate surface area is 192 Å².